The highest BCUT2D eigenvalue weighted by Crippen LogP contribution is 2.41. The van der Waals surface area contributed by atoms with E-state index in [0.717, 1.165) is 11.8 Å². The number of pyridine rings is 1. The third-order valence-corrected chi connectivity index (χ3v) is 4.56. The molecule has 3 nitrogen and oxygen atoms in total. The number of methoxy groups -OCH3 is 1. The van der Waals surface area contributed by atoms with Gasteiger partial charge in [0.25, 0.3) is 0 Å². The van der Waals surface area contributed by atoms with Crippen LogP contribution in [0.2, 0.25) is 0 Å². The normalized spacial score (nSPS) is 25.0. The van der Waals surface area contributed by atoms with E-state index in [4.69, 9.17) is 4.74 Å². The molecule has 3 unspecified atom stereocenters. The van der Waals surface area contributed by atoms with Crippen molar-refractivity contribution >= 4 is 0 Å². The van der Waals surface area contributed by atoms with E-state index < -0.39 is 0 Å². The lowest BCUT2D eigenvalue weighted by Crippen LogP contribution is -2.33. The Morgan fingerprint density at radius 1 is 1.42 bits per heavy atom. The van der Waals surface area contributed by atoms with Gasteiger partial charge >= 0.3 is 0 Å². The molecule has 1 aliphatic carbocycles. The summed E-state index contributed by atoms with van der Waals surface area (Å²) in [7, 11) is 3.76. The molecule has 0 radical (unpaired) electrons. The number of nitrogens with one attached hydrogen (secondary N) is 1. The summed E-state index contributed by atoms with van der Waals surface area (Å²) in [6, 6.07) is 4.51. The smallest absolute Gasteiger partial charge is 0.217 e. The maximum atomic E-state index is 5.44. The van der Waals surface area contributed by atoms with Gasteiger partial charge in [-0.05, 0) is 31.4 Å². The summed E-state index contributed by atoms with van der Waals surface area (Å²) in [6.45, 7) is 2.32. The van der Waals surface area contributed by atoms with Crippen molar-refractivity contribution in [2.45, 2.75) is 45.1 Å². The van der Waals surface area contributed by atoms with Crippen molar-refractivity contribution in [1.82, 2.24) is 10.3 Å². The minimum absolute atomic E-state index is 0.355. The monoisotopic (exact) mass is 262 g/mol. The van der Waals surface area contributed by atoms with Crippen molar-refractivity contribution in [2.75, 3.05) is 14.2 Å². The number of ether oxygens (including phenoxy) is 1. The van der Waals surface area contributed by atoms with Gasteiger partial charge in [0.1, 0.15) is 0 Å². The van der Waals surface area contributed by atoms with E-state index in [9.17, 15) is 0 Å². The zero-order chi connectivity index (χ0) is 13.7. The average molecular weight is 262 g/mol. The van der Waals surface area contributed by atoms with Crippen LogP contribution in [-0.4, -0.2) is 19.1 Å². The average Bonchev–Trinajstić information content (AvgIpc) is 2.49. The first-order valence-corrected chi connectivity index (χ1v) is 7.48. The lowest BCUT2D eigenvalue weighted by atomic mass is 9.72. The Bertz CT molecular complexity index is 394. The van der Waals surface area contributed by atoms with E-state index in [1.807, 2.05) is 6.07 Å². The van der Waals surface area contributed by atoms with Crippen LogP contribution in [0.3, 0.4) is 0 Å². The van der Waals surface area contributed by atoms with E-state index in [-0.39, 0.29) is 0 Å². The van der Waals surface area contributed by atoms with Crippen molar-refractivity contribution in [3.05, 3.63) is 23.9 Å². The number of hydrogen-bond acceptors (Lipinski definition) is 3. The van der Waals surface area contributed by atoms with Crippen LogP contribution in [-0.2, 0) is 0 Å². The Labute approximate surface area is 116 Å². The molecule has 2 rings (SSSR count). The predicted molar refractivity (Wildman–Crippen MR) is 78.3 cm³/mol. The molecule has 1 aromatic heterocycles. The van der Waals surface area contributed by atoms with Gasteiger partial charge in [0, 0.05) is 17.8 Å². The summed E-state index contributed by atoms with van der Waals surface area (Å²) >= 11 is 0. The van der Waals surface area contributed by atoms with Crippen LogP contribution in [0.25, 0.3) is 0 Å². The Hall–Kier alpha value is -1.09. The molecule has 0 saturated heterocycles. The molecular weight excluding hydrogens is 236 g/mol. The molecule has 19 heavy (non-hydrogen) atoms. The highest BCUT2D eigenvalue weighted by Gasteiger charge is 2.32. The highest BCUT2D eigenvalue weighted by atomic mass is 16.5. The molecule has 0 amide bonds. The van der Waals surface area contributed by atoms with Gasteiger partial charge in [-0.1, -0.05) is 38.7 Å². The summed E-state index contributed by atoms with van der Waals surface area (Å²) < 4.78 is 5.44. The Morgan fingerprint density at radius 2 is 2.21 bits per heavy atom. The molecule has 1 saturated carbocycles. The first kappa shape index (κ1) is 14.3. The van der Waals surface area contributed by atoms with Gasteiger partial charge in [-0.3, -0.25) is 0 Å². The molecule has 1 heterocycles. The predicted octanol–water partition coefficient (Wildman–Crippen LogP) is 3.57. The second-order valence-corrected chi connectivity index (χ2v) is 5.48. The standard InChI is InChI=1S/C16H26N2O/c1-4-12-8-5-6-9-13(12)15(17-2)14-10-7-11-18-16(14)19-3/h7,10-13,15,17H,4-6,8-9H2,1-3H3. The molecule has 1 N–H and O–H groups in total. The first-order chi connectivity index (χ1) is 9.31. The number of hydrogen-bond donors (Lipinski definition) is 1. The molecule has 3 heteroatoms. The summed E-state index contributed by atoms with van der Waals surface area (Å²) in [5, 5.41) is 3.51. The van der Waals surface area contributed by atoms with Gasteiger partial charge in [0.2, 0.25) is 5.88 Å². The van der Waals surface area contributed by atoms with Gasteiger partial charge in [-0.25, -0.2) is 4.98 Å². The molecule has 1 aromatic rings. The van der Waals surface area contributed by atoms with Gasteiger partial charge in [-0.2, -0.15) is 0 Å². The topological polar surface area (TPSA) is 34.2 Å². The van der Waals surface area contributed by atoms with E-state index in [1.165, 1.54) is 37.7 Å². The molecule has 0 spiro atoms. The van der Waals surface area contributed by atoms with Crippen LogP contribution in [0.5, 0.6) is 5.88 Å². The molecule has 1 aliphatic rings. The van der Waals surface area contributed by atoms with Crippen LogP contribution in [0.4, 0.5) is 0 Å². The van der Waals surface area contributed by atoms with Crippen molar-refractivity contribution in [1.29, 1.82) is 0 Å². The van der Waals surface area contributed by atoms with Gasteiger partial charge in [0.05, 0.1) is 7.11 Å². The lowest BCUT2D eigenvalue weighted by Gasteiger charge is -2.37. The van der Waals surface area contributed by atoms with Crippen molar-refractivity contribution in [3.63, 3.8) is 0 Å². The summed E-state index contributed by atoms with van der Waals surface area (Å²) in [4.78, 5) is 4.35. The van der Waals surface area contributed by atoms with Crippen LogP contribution < -0.4 is 10.1 Å². The first-order valence-electron chi connectivity index (χ1n) is 7.48. The SMILES string of the molecule is CCC1CCCCC1C(NC)c1cccnc1OC. The largest absolute Gasteiger partial charge is 0.481 e. The fraction of sp³-hybridized carbons (Fsp3) is 0.688. The number of aromatic nitrogens is 1. The molecule has 0 bridgehead atoms. The minimum atomic E-state index is 0.355. The molecule has 106 valence electrons. The van der Waals surface area contributed by atoms with Crippen molar-refractivity contribution in [2.24, 2.45) is 11.8 Å². The van der Waals surface area contributed by atoms with E-state index in [0.29, 0.717) is 12.0 Å². The second kappa shape index (κ2) is 6.90. The Morgan fingerprint density at radius 3 is 2.89 bits per heavy atom. The fourth-order valence-corrected chi connectivity index (χ4v) is 3.59. The minimum Gasteiger partial charge on any atom is -0.481 e. The lowest BCUT2D eigenvalue weighted by molar-refractivity contribution is 0.178. The molecule has 1 fully saturated rings. The van der Waals surface area contributed by atoms with E-state index in [1.54, 1.807) is 13.3 Å². The van der Waals surface area contributed by atoms with Gasteiger partial charge < -0.3 is 10.1 Å². The van der Waals surface area contributed by atoms with Gasteiger partial charge in [-0.15, -0.1) is 0 Å². The number of rotatable bonds is 5. The van der Waals surface area contributed by atoms with E-state index in [2.05, 4.69) is 30.3 Å². The summed E-state index contributed by atoms with van der Waals surface area (Å²) in [6.07, 6.45) is 8.47. The molecular formula is C16H26N2O. The van der Waals surface area contributed by atoms with Crippen LogP contribution >= 0.6 is 0 Å². The maximum Gasteiger partial charge on any atom is 0.217 e. The maximum absolute atomic E-state index is 5.44. The molecule has 0 aliphatic heterocycles. The molecule has 3 atom stereocenters. The van der Waals surface area contributed by atoms with Crippen molar-refractivity contribution in [3.8, 4) is 5.88 Å². The number of nitrogens with zero attached hydrogens (tertiary/aromatic N) is 1. The summed E-state index contributed by atoms with van der Waals surface area (Å²) in [5.74, 6) is 2.28. The quantitative estimate of drug-likeness (QED) is 0.881. The third-order valence-electron chi connectivity index (χ3n) is 4.56. The highest BCUT2D eigenvalue weighted by molar-refractivity contribution is 5.29. The third kappa shape index (κ3) is 3.08. The van der Waals surface area contributed by atoms with Crippen LogP contribution in [0, 0.1) is 11.8 Å². The fourth-order valence-electron chi connectivity index (χ4n) is 3.59. The van der Waals surface area contributed by atoms with Crippen LogP contribution in [0.15, 0.2) is 18.3 Å². The van der Waals surface area contributed by atoms with Crippen LogP contribution in [0.1, 0.15) is 50.6 Å². The van der Waals surface area contributed by atoms with E-state index >= 15 is 0 Å². The zero-order valence-electron chi connectivity index (χ0n) is 12.4. The Kier molecular flexibility index (Phi) is 5.20. The van der Waals surface area contributed by atoms with Gasteiger partial charge in [0.15, 0.2) is 0 Å². The zero-order valence-corrected chi connectivity index (χ0v) is 12.4. The second-order valence-electron chi connectivity index (χ2n) is 5.48. The van der Waals surface area contributed by atoms with Crippen molar-refractivity contribution < 1.29 is 4.74 Å². The summed E-state index contributed by atoms with van der Waals surface area (Å²) in [5.41, 5.74) is 1.21. The molecule has 0 aromatic carbocycles. The Balaban J connectivity index is 2.27.